The van der Waals surface area contributed by atoms with Gasteiger partial charge in [0.25, 0.3) is 0 Å². The lowest BCUT2D eigenvalue weighted by Gasteiger charge is -2.29. The molecule has 0 aromatic heterocycles. The standard InChI is InChI=1S/C26H42N8O4/c1-3-16(2)21(22(28)35)33-23(36)19(11-7-13-31-26(29)30)32-24(37)20-12-8-14-34(20)25(38)18(27)15-17-9-5-4-6-10-17/h4-6,9-10,16,18-21H,3,7-8,11-15,27H2,1-2H3,(H2,28,35)(H,32,37)(H,33,36)(H4,29,30,31)/t16-,18+,19+,20-,21-/m0/s1. The zero-order chi connectivity index (χ0) is 28.2. The van der Waals surface area contributed by atoms with Crippen molar-refractivity contribution < 1.29 is 19.2 Å². The lowest BCUT2D eigenvalue weighted by atomic mass is 9.98. The van der Waals surface area contributed by atoms with Crippen LogP contribution in [0.3, 0.4) is 0 Å². The van der Waals surface area contributed by atoms with Crippen LogP contribution in [0.25, 0.3) is 0 Å². The topological polar surface area (TPSA) is 212 Å². The van der Waals surface area contributed by atoms with Crippen molar-refractivity contribution in [2.75, 3.05) is 13.1 Å². The van der Waals surface area contributed by atoms with Crippen LogP contribution in [-0.2, 0) is 25.6 Å². The fourth-order valence-electron chi connectivity index (χ4n) is 4.50. The third kappa shape index (κ3) is 9.02. The van der Waals surface area contributed by atoms with Crippen LogP contribution in [0.5, 0.6) is 0 Å². The summed E-state index contributed by atoms with van der Waals surface area (Å²) in [6.07, 6.45) is 2.68. The molecule has 1 saturated heterocycles. The Hall–Kier alpha value is -3.67. The quantitative estimate of drug-likeness (QED) is 0.101. The summed E-state index contributed by atoms with van der Waals surface area (Å²) in [6, 6.07) is 6.02. The van der Waals surface area contributed by atoms with Gasteiger partial charge in [0.1, 0.15) is 18.1 Å². The van der Waals surface area contributed by atoms with Crippen molar-refractivity contribution in [1.82, 2.24) is 15.5 Å². The van der Waals surface area contributed by atoms with E-state index in [0.29, 0.717) is 38.6 Å². The lowest BCUT2D eigenvalue weighted by Crippen LogP contribution is -2.58. The van der Waals surface area contributed by atoms with E-state index in [4.69, 9.17) is 22.9 Å². The first-order chi connectivity index (χ1) is 18.0. The molecule has 10 N–H and O–H groups in total. The highest BCUT2D eigenvalue weighted by molar-refractivity contribution is 5.95. The molecule has 2 rings (SSSR count). The number of carbonyl (C=O) groups excluding carboxylic acids is 4. The number of nitrogens with one attached hydrogen (secondary N) is 2. The van der Waals surface area contributed by atoms with Gasteiger partial charge in [-0.15, -0.1) is 0 Å². The van der Waals surface area contributed by atoms with Crippen LogP contribution >= 0.6 is 0 Å². The molecule has 1 heterocycles. The van der Waals surface area contributed by atoms with Gasteiger partial charge in [0.05, 0.1) is 6.04 Å². The average molecular weight is 531 g/mol. The Morgan fingerprint density at radius 1 is 1.11 bits per heavy atom. The Balaban J connectivity index is 2.12. The highest BCUT2D eigenvalue weighted by Crippen LogP contribution is 2.20. The number of nitrogens with two attached hydrogens (primary N) is 4. The molecule has 1 fully saturated rings. The molecule has 0 saturated carbocycles. The molecule has 0 bridgehead atoms. The van der Waals surface area contributed by atoms with E-state index in [1.54, 1.807) is 0 Å². The summed E-state index contributed by atoms with van der Waals surface area (Å²) in [5.74, 6) is -2.23. The molecule has 210 valence electrons. The smallest absolute Gasteiger partial charge is 0.243 e. The minimum atomic E-state index is -0.974. The Kier molecular flexibility index (Phi) is 12.0. The SMILES string of the molecule is CC[C@H](C)[C@H](NC(=O)[C@@H](CCCN=C(N)N)NC(=O)[C@@H]1CCCN1C(=O)[C@H](N)Cc1ccccc1)C(N)=O. The van der Waals surface area contributed by atoms with Gasteiger partial charge in [-0.05, 0) is 43.6 Å². The zero-order valence-electron chi connectivity index (χ0n) is 22.3. The Morgan fingerprint density at radius 2 is 1.79 bits per heavy atom. The first kappa shape index (κ1) is 30.6. The number of amides is 4. The van der Waals surface area contributed by atoms with Gasteiger partial charge in [0.15, 0.2) is 5.96 Å². The number of primary amides is 1. The van der Waals surface area contributed by atoms with Crippen LogP contribution in [0.15, 0.2) is 35.3 Å². The summed E-state index contributed by atoms with van der Waals surface area (Å²) in [5.41, 5.74) is 23.4. The van der Waals surface area contributed by atoms with Gasteiger partial charge in [0.2, 0.25) is 23.6 Å². The minimum Gasteiger partial charge on any atom is -0.370 e. The maximum Gasteiger partial charge on any atom is 0.243 e. The van der Waals surface area contributed by atoms with Crippen molar-refractivity contribution in [3.8, 4) is 0 Å². The van der Waals surface area contributed by atoms with E-state index >= 15 is 0 Å². The van der Waals surface area contributed by atoms with Crippen molar-refractivity contribution >= 4 is 29.6 Å². The van der Waals surface area contributed by atoms with Crippen LogP contribution in [0.2, 0.25) is 0 Å². The number of rotatable bonds is 14. The second kappa shape index (κ2) is 14.9. The molecule has 4 amide bonds. The predicted octanol–water partition coefficient (Wildman–Crippen LogP) is -0.898. The van der Waals surface area contributed by atoms with Crippen LogP contribution in [0.4, 0.5) is 0 Å². The number of benzene rings is 1. The molecule has 5 atom stereocenters. The maximum absolute atomic E-state index is 13.3. The molecule has 12 heteroatoms. The highest BCUT2D eigenvalue weighted by atomic mass is 16.2. The van der Waals surface area contributed by atoms with Gasteiger partial charge in [-0.2, -0.15) is 0 Å². The van der Waals surface area contributed by atoms with E-state index in [1.807, 2.05) is 44.2 Å². The molecule has 0 radical (unpaired) electrons. The Bertz CT molecular complexity index is 983. The van der Waals surface area contributed by atoms with Crippen LogP contribution in [0, 0.1) is 5.92 Å². The second-order valence-electron chi connectivity index (χ2n) is 9.77. The van der Waals surface area contributed by atoms with Gasteiger partial charge in [-0.3, -0.25) is 24.2 Å². The molecule has 0 aliphatic carbocycles. The molecule has 0 spiro atoms. The van der Waals surface area contributed by atoms with Crippen molar-refractivity contribution in [3.63, 3.8) is 0 Å². The second-order valence-corrected chi connectivity index (χ2v) is 9.77. The number of aliphatic imine (C=N–C) groups is 1. The summed E-state index contributed by atoms with van der Waals surface area (Å²) in [7, 11) is 0. The number of nitrogens with zero attached hydrogens (tertiary/aromatic N) is 2. The highest BCUT2D eigenvalue weighted by Gasteiger charge is 2.38. The molecular formula is C26H42N8O4. The van der Waals surface area contributed by atoms with Gasteiger partial charge < -0.3 is 38.5 Å². The van der Waals surface area contributed by atoms with E-state index in [1.165, 1.54) is 4.90 Å². The summed E-state index contributed by atoms with van der Waals surface area (Å²) >= 11 is 0. The van der Waals surface area contributed by atoms with E-state index in [2.05, 4.69) is 15.6 Å². The zero-order valence-corrected chi connectivity index (χ0v) is 22.3. The monoisotopic (exact) mass is 530 g/mol. The number of likely N-dealkylation sites (tertiary alicyclic amines) is 1. The summed E-state index contributed by atoms with van der Waals surface area (Å²) < 4.78 is 0. The summed E-state index contributed by atoms with van der Waals surface area (Å²) in [6.45, 7) is 4.35. The fraction of sp³-hybridized carbons (Fsp3) is 0.577. The number of guanidine groups is 1. The van der Waals surface area contributed by atoms with Gasteiger partial charge >= 0.3 is 0 Å². The average Bonchev–Trinajstić information content (AvgIpc) is 3.38. The number of hydrogen-bond donors (Lipinski definition) is 6. The number of hydrogen-bond acceptors (Lipinski definition) is 6. The van der Waals surface area contributed by atoms with Gasteiger partial charge in [-0.1, -0.05) is 50.6 Å². The molecule has 1 aromatic rings. The third-order valence-electron chi connectivity index (χ3n) is 6.85. The van der Waals surface area contributed by atoms with Crippen LogP contribution in [0.1, 0.15) is 51.5 Å². The van der Waals surface area contributed by atoms with Gasteiger partial charge in [0, 0.05) is 13.1 Å². The Labute approximate surface area is 223 Å². The molecule has 12 nitrogen and oxygen atoms in total. The van der Waals surface area contributed by atoms with Crippen molar-refractivity contribution in [2.24, 2.45) is 33.8 Å². The molecule has 1 aliphatic heterocycles. The van der Waals surface area contributed by atoms with Crippen molar-refractivity contribution in [1.29, 1.82) is 0 Å². The lowest BCUT2D eigenvalue weighted by molar-refractivity contribution is -0.140. The first-order valence-corrected chi connectivity index (χ1v) is 13.1. The van der Waals surface area contributed by atoms with Crippen LogP contribution < -0.4 is 33.6 Å². The van der Waals surface area contributed by atoms with Crippen molar-refractivity contribution in [3.05, 3.63) is 35.9 Å². The van der Waals surface area contributed by atoms with E-state index < -0.39 is 41.9 Å². The van der Waals surface area contributed by atoms with Crippen molar-refractivity contribution in [2.45, 2.75) is 76.5 Å². The first-order valence-electron chi connectivity index (χ1n) is 13.1. The third-order valence-corrected chi connectivity index (χ3v) is 6.85. The molecule has 0 unspecified atom stereocenters. The fourth-order valence-corrected chi connectivity index (χ4v) is 4.50. The molecular weight excluding hydrogens is 488 g/mol. The van der Waals surface area contributed by atoms with E-state index in [9.17, 15) is 19.2 Å². The molecule has 1 aliphatic rings. The maximum atomic E-state index is 13.3. The summed E-state index contributed by atoms with van der Waals surface area (Å²) in [4.78, 5) is 57.0. The number of carbonyl (C=O) groups is 4. The Morgan fingerprint density at radius 3 is 2.39 bits per heavy atom. The van der Waals surface area contributed by atoms with Crippen LogP contribution in [-0.4, -0.2) is 71.7 Å². The minimum absolute atomic E-state index is 0.0763. The van der Waals surface area contributed by atoms with E-state index in [-0.39, 0.29) is 30.8 Å². The largest absolute Gasteiger partial charge is 0.370 e. The van der Waals surface area contributed by atoms with E-state index in [0.717, 1.165) is 5.56 Å². The summed E-state index contributed by atoms with van der Waals surface area (Å²) in [5, 5.41) is 5.45. The normalized spacial score (nSPS) is 18.1. The predicted molar refractivity (Wildman–Crippen MR) is 145 cm³/mol. The molecule has 38 heavy (non-hydrogen) atoms. The van der Waals surface area contributed by atoms with Gasteiger partial charge in [-0.25, -0.2) is 0 Å². The molecule has 1 aromatic carbocycles.